The Morgan fingerprint density at radius 1 is 1.57 bits per heavy atom. The van der Waals surface area contributed by atoms with Gasteiger partial charge in [-0.25, -0.2) is 0 Å². The molecule has 0 spiro atoms. The average molecular weight is 200 g/mol. The summed E-state index contributed by atoms with van der Waals surface area (Å²) in [7, 11) is 1.66. The highest BCUT2D eigenvalue weighted by Gasteiger charge is 2.22. The topological polar surface area (TPSA) is 50.4 Å². The fourth-order valence-corrected chi connectivity index (χ4v) is 1.80. The van der Waals surface area contributed by atoms with Crippen molar-refractivity contribution in [3.05, 3.63) is 0 Å². The summed E-state index contributed by atoms with van der Waals surface area (Å²) in [6, 6.07) is 0.293. The fourth-order valence-electron chi connectivity index (χ4n) is 1.80. The van der Waals surface area contributed by atoms with Crippen LogP contribution in [0.5, 0.6) is 0 Å². The molecule has 1 aliphatic heterocycles. The van der Waals surface area contributed by atoms with Gasteiger partial charge in [0.15, 0.2) is 0 Å². The van der Waals surface area contributed by atoms with Gasteiger partial charge in [-0.05, 0) is 26.7 Å². The summed E-state index contributed by atoms with van der Waals surface area (Å²) in [5.74, 6) is 0.0455. The molecule has 0 saturated carbocycles. The molecule has 0 aromatic rings. The first-order valence-corrected chi connectivity index (χ1v) is 5.22. The standard InChI is InChI=1S/C10H20N2O2/c1-7-6-9(4-5-14-7)12-8(2)10(13)11-3/h7-9,12H,4-6H2,1-3H3,(H,11,13). The molecule has 1 aliphatic rings. The molecule has 0 aromatic heterocycles. The highest BCUT2D eigenvalue weighted by Crippen LogP contribution is 2.13. The smallest absolute Gasteiger partial charge is 0.236 e. The first-order chi connectivity index (χ1) is 6.63. The van der Waals surface area contributed by atoms with Crippen LogP contribution in [0.3, 0.4) is 0 Å². The summed E-state index contributed by atoms with van der Waals surface area (Å²) in [5, 5.41) is 5.94. The largest absolute Gasteiger partial charge is 0.378 e. The van der Waals surface area contributed by atoms with Gasteiger partial charge >= 0.3 is 0 Å². The Kier molecular flexibility index (Phi) is 4.35. The van der Waals surface area contributed by atoms with Crippen molar-refractivity contribution in [3.63, 3.8) is 0 Å². The summed E-state index contributed by atoms with van der Waals surface area (Å²) < 4.78 is 5.44. The van der Waals surface area contributed by atoms with E-state index in [1.54, 1.807) is 7.05 Å². The maximum absolute atomic E-state index is 11.3. The zero-order valence-electron chi connectivity index (χ0n) is 9.17. The summed E-state index contributed by atoms with van der Waals surface area (Å²) in [4.78, 5) is 11.3. The Morgan fingerprint density at radius 3 is 2.86 bits per heavy atom. The van der Waals surface area contributed by atoms with Crippen LogP contribution in [0.1, 0.15) is 26.7 Å². The Morgan fingerprint density at radius 2 is 2.29 bits per heavy atom. The first kappa shape index (κ1) is 11.5. The van der Waals surface area contributed by atoms with Crippen LogP contribution < -0.4 is 10.6 Å². The normalized spacial score (nSPS) is 29.6. The molecule has 1 amide bonds. The average Bonchev–Trinajstić information content (AvgIpc) is 2.16. The molecule has 1 rings (SSSR count). The number of likely N-dealkylation sites (N-methyl/N-ethyl adjacent to an activating group) is 1. The van der Waals surface area contributed by atoms with Crippen molar-refractivity contribution >= 4 is 5.91 Å². The molecule has 4 heteroatoms. The van der Waals surface area contributed by atoms with Crippen LogP contribution in [0.25, 0.3) is 0 Å². The van der Waals surface area contributed by atoms with E-state index < -0.39 is 0 Å². The SMILES string of the molecule is CNC(=O)C(C)NC1CCOC(C)C1. The summed E-state index contributed by atoms with van der Waals surface area (Å²) in [5.41, 5.74) is 0. The van der Waals surface area contributed by atoms with Gasteiger partial charge in [-0.2, -0.15) is 0 Å². The lowest BCUT2D eigenvalue weighted by molar-refractivity contribution is -0.122. The highest BCUT2D eigenvalue weighted by atomic mass is 16.5. The second-order valence-corrected chi connectivity index (χ2v) is 3.91. The zero-order valence-corrected chi connectivity index (χ0v) is 9.17. The summed E-state index contributed by atoms with van der Waals surface area (Å²) >= 11 is 0. The van der Waals surface area contributed by atoms with Gasteiger partial charge in [0.1, 0.15) is 0 Å². The Balaban J connectivity index is 2.32. The molecule has 1 saturated heterocycles. The van der Waals surface area contributed by atoms with Gasteiger partial charge in [0, 0.05) is 19.7 Å². The lowest BCUT2D eigenvalue weighted by atomic mass is 10.0. The van der Waals surface area contributed by atoms with Gasteiger partial charge in [-0.15, -0.1) is 0 Å². The third-order valence-electron chi connectivity index (χ3n) is 2.61. The van der Waals surface area contributed by atoms with Crippen LogP contribution in [0.2, 0.25) is 0 Å². The number of hydrogen-bond donors (Lipinski definition) is 2. The minimum absolute atomic E-state index is 0.0455. The molecule has 0 bridgehead atoms. The van der Waals surface area contributed by atoms with Gasteiger partial charge in [-0.3, -0.25) is 4.79 Å². The van der Waals surface area contributed by atoms with Gasteiger partial charge < -0.3 is 15.4 Å². The molecule has 3 atom stereocenters. The molecule has 14 heavy (non-hydrogen) atoms. The molecular weight excluding hydrogens is 180 g/mol. The van der Waals surface area contributed by atoms with Gasteiger partial charge in [0.2, 0.25) is 5.91 Å². The molecule has 1 fully saturated rings. The van der Waals surface area contributed by atoms with Crippen molar-refractivity contribution in [3.8, 4) is 0 Å². The van der Waals surface area contributed by atoms with Crippen LogP contribution in [-0.4, -0.2) is 37.7 Å². The molecule has 0 aromatic carbocycles. The second-order valence-electron chi connectivity index (χ2n) is 3.91. The van der Waals surface area contributed by atoms with E-state index in [-0.39, 0.29) is 11.9 Å². The molecule has 2 N–H and O–H groups in total. The molecular formula is C10H20N2O2. The maximum Gasteiger partial charge on any atom is 0.236 e. The van der Waals surface area contributed by atoms with E-state index in [9.17, 15) is 4.79 Å². The maximum atomic E-state index is 11.3. The van der Waals surface area contributed by atoms with E-state index in [4.69, 9.17) is 4.74 Å². The van der Waals surface area contributed by atoms with E-state index >= 15 is 0 Å². The zero-order chi connectivity index (χ0) is 10.6. The molecule has 4 nitrogen and oxygen atoms in total. The van der Waals surface area contributed by atoms with E-state index in [2.05, 4.69) is 17.6 Å². The third-order valence-corrected chi connectivity index (χ3v) is 2.61. The lowest BCUT2D eigenvalue weighted by Gasteiger charge is -2.29. The van der Waals surface area contributed by atoms with Gasteiger partial charge in [-0.1, -0.05) is 0 Å². The number of ether oxygens (including phenoxy) is 1. The Hall–Kier alpha value is -0.610. The summed E-state index contributed by atoms with van der Waals surface area (Å²) in [6.45, 7) is 4.75. The number of hydrogen-bond acceptors (Lipinski definition) is 3. The van der Waals surface area contributed by atoms with Crippen molar-refractivity contribution in [1.82, 2.24) is 10.6 Å². The molecule has 0 radical (unpaired) electrons. The molecule has 1 heterocycles. The minimum atomic E-state index is -0.115. The molecule has 82 valence electrons. The number of amides is 1. The van der Waals surface area contributed by atoms with E-state index in [0.717, 1.165) is 19.4 Å². The lowest BCUT2D eigenvalue weighted by Crippen LogP contribution is -2.48. The van der Waals surface area contributed by atoms with E-state index in [0.29, 0.717) is 12.1 Å². The Bertz CT molecular complexity index is 197. The molecule has 3 unspecified atom stereocenters. The van der Waals surface area contributed by atoms with E-state index in [1.807, 2.05) is 6.92 Å². The van der Waals surface area contributed by atoms with Gasteiger partial charge in [0.25, 0.3) is 0 Å². The Labute approximate surface area is 85.4 Å². The predicted octanol–water partition coefficient (Wildman–Crippen LogP) is 0.278. The first-order valence-electron chi connectivity index (χ1n) is 5.22. The predicted molar refractivity (Wildman–Crippen MR) is 55.1 cm³/mol. The van der Waals surface area contributed by atoms with Gasteiger partial charge in [0.05, 0.1) is 12.1 Å². The number of carbonyl (C=O) groups is 1. The van der Waals surface area contributed by atoms with Crippen LogP contribution >= 0.6 is 0 Å². The quantitative estimate of drug-likeness (QED) is 0.688. The molecule has 0 aliphatic carbocycles. The van der Waals surface area contributed by atoms with Crippen molar-refractivity contribution < 1.29 is 9.53 Å². The third kappa shape index (κ3) is 3.27. The highest BCUT2D eigenvalue weighted by molar-refractivity contribution is 5.80. The van der Waals surface area contributed by atoms with Crippen LogP contribution in [0.15, 0.2) is 0 Å². The monoisotopic (exact) mass is 200 g/mol. The van der Waals surface area contributed by atoms with Crippen molar-refractivity contribution in [1.29, 1.82) is 0 Å². The number of carbonyl (C=O) groups excluding carboxylic acids is 1. The minimum Gasteiger partial charge on any atom is -0.378 e. The van der Waals surface area contributed by atoms with Crippen LogP contribution in [0, 0.1) is 0 Å². The fraction of sp³-hybridized carbons (Fsp3) is 0.900. The summed E-state index contributed by atoms with van der Waals surface area (Å²) in [6.07, 6.45) is 2.28. The van der Waals surface area contributed by atoms with Crippen molar-refractivity contribution in [2.75, 3.05) is 13.7 Å². The van der Waals surface area contributed by atoms with Crippen LogP contribution in [0.4, 0.5) is 0 Å². The van der Waals surface area contributed by atoms with Crippen molar-refractivity contribution in [2.45, 2.75) is 44.9 Å². The van der Waals surface area contributed by atoms with Crippen molar-refractivity contribution in [2.24, 2.45) is 0 Å². The number of rotatable bonds is 3. The van der Waals surface area contributed by atoms with Crippen LogP contribution in [-0.2, 0) is 9.53 Å². The number of nitrogens with one attached hydrogen (secondary N) is 2. The second kappa shape index (κ2) is 5.32. The van der Waals surface area contributed by atoms with E-state index in [1.165, 1.54) is 0 Å².